The predicted molar refractivity (Wildman–Crippen MR) is 270 cm³/mol. The highest BCUT2D eigenvalue weighted by Crippen LogP contribution is 2.37. The van der Waals surface area contributed by atoms with Crippen molar-refractivity contribution in [3.63, 3.8) is 0 Å². The van der Waals surface area contributed by atoms with Crippen LogP contribution in [0.4, 0.5) is 0 Å². The van der Waals surface area contributed by atoms with Crippen LogP contribution in [0, 0.1) is 0 Å². The number of aromatic nitrogens is 3. The molecule has 4 heteroatoms. The first-order valence-corrected chi connectivity index (χ1v) is 24.0. The van der Waals surface area contributed by atoms with Gasteiger partial charge in [-0.2, -0.15) is 0 Å². The van der Waals surface area contributed by atoms with E-state index in [0.29, 0.717) is 0 Å². The van der Waals surface area contributed by atoms with Crippen molar-refractivity contribution in [2.45, 2.75) is 0 Å². The third-order valence-corrected chi connectivity index (χ3v) is 18.4. The molecule has 64 heavy (non-hydrogen) atoms. The SMILES string of the molecule is c1ccc(-n2c3ccccc3c3cc(-c4ccc5ccc6ccc(-c7ccc(-c8ccc9c(c8)-c8ccccc8[Si]9(c8ccccc8)c8ccccc8)cc7)nc6c5n4)ccc32)cc1. The van der Waals surface area contributed by atoms with Gasteiger partial charge in [0.1, 0.15) is 0 Å². The largest absolute Gasteiger partial charge is 0.309 e. The van der Waals surface area contributed by atoms with Crippen molar-refractivity contribution >= 4 is 72.4 Å². The first-order valence-electron chi connectivity index (χ1n) is 22.0. The summed E-state index contributed by atoms with van der Waals surface area (Å²) in [6.07, 6.45) is 0. The molecule has 0 aliphatic carbocycles. The van der Waals surface area contributed by atoms with E-state index in [-0.39, 0.29) is 0 Å². The van der Waals surface area contributed by atoms with Crippen LogP contribution in [0.2, 0.25) is 0 Å². The van der Waals surface area contributed by atoms with E-state index >= 15 is 0 Å². The summed E-state index contributed by atoms with van der Waals surface area (Å²) in [6, 6.07) is 86.5. The minimum Gasteiger partial charge on any atom is -0.309 e. The van der Waals surface area contributed by atoms with Crippen molar-refractivity contribution in [3.8, 4) is 50.5 Å². The summed E-state index contributed by atoms with van der Waals surface area (Å²) in [5, 5.41) is 10.3. The van der Waals surface area contributed by atoms with E-state index in [1.165, 1.54) is 64.8 Å². The Morgan fingerprint density at radius 3 is 1.55 bits per heavy atom. The Morgan fingerprint density at radius 1 is 0.328 bits per heavy atom. The van der Waals surface area contributed by atoms with Crippen molar-refractivity contribution < 1.29 is 0 Å². The minimum atomic E-state index is -2.51. The summed E-state index contributed by atoms with van der Waals surface area (Å²) >= 11 is 0. The van der Waals surface area contributed by atoms with Gasteiger partial charge in [-0.25, -0.2) is 9.97 Å². The van der Waals surface area contributed by atoms with Crippen LogP contribution in [-0.2, 0) is 0 Å². The standard InChI is InChI=1S/C60H39N3Si/c1-4-14-46(15-5-1)63-55-22-12-10-20-49(55)51-39-45(32-36-56(51)63)54-35-31-43-29-28-42-30-34-53(61-59(42)60(43)62-54)41-26-24-40(25-27-41)44-33-37-58-52(38-44)50-21-11-13-23-57(50)64(58,47-16-6-2-7-17-47)48-18-8-3-9-19-48/h1-39H. The van der Waals surface area contributed by atoms with Gasteiger partial charge < -0.3 is 4.57 Å². The van der Waals surface area contributed by atoms with Crippen molar-refractivity contribution in [1.29, 1.82) is 0 Å². The number of hydrogen-bond acceptors (Lipinski definition) is 2. The van der Waals surface area contributed by atoms with Gasteiger partial charge in [-0.15, -0.1) is 0 Å². The second-order valence-electron chi connectivity index (χ2n) is 16.9. The van der Waals surface area contributed by atoms with Gasteiger partial charge in [0.05, 0.1) is 33.5 Å². The molecule has 0 atom stereocenters. The van der Waals surface area contributed by atoms with E-state index in [1.807, 2.05) is 0 Å². The van der Waals surface area contributed by atoms with Crippen LogP contribution in [0.3, 0.4) is 0 Å². The topological polar surface area (TPSA) is 30.7 Å². The Bertz CT molecular complexity index is 3730. The molecular formula is C60H39N3Si. The van der Waals surface area contributed by atoms with E-state index < -0.39 is 8.07 Å². The fourth-order valence-electron chi connectivity index (χ4n) is 10.5. The zero-order valence-electron chi connectivity index (χ0n) is 34.9. The van der Waals surface area contributed by atoms with E-state index in [2.05, 4.69) is 241 Å². The number of fused-ring (bicyclic) bond motifs is 9. The van der Waals surface area contributed by atoms with Gasteiger partial charge >= 0.3 is 0 Å². The minimum absolute atomic E-state index is 0.907. The molecule has 0 unspecified atom stereocenters. The van der Waals surface area contributed by atoms with Gasteiger partial charge in [-0.05, 0) is 91.5 Å². The van der Waals surface area contributed by atoms with Crippen LogP contribution >= 0.6 is 0 Å². The summed E-state index contributed by atoms with van der Waals surface area (Å²) in [5.41, 5.74) is 14.4. The summed E-state index contributed by atoms with van der Waals surface area (Å²) in [4.78, 5) is 10.7. The molecule has 0 bridgehead atoms. The normalized spacial score (nSPS) is 12.8. The van der Waals surface area contributed by atoms with Crippen LogP contribution in [0.1, 0.15) is 0 Å². The molecule has 0 spiro atoms. The molecule has 0 N–H and O–H groups in total. The lowest BCUT2D eigenvalue weighted by Crippen LogP contribution is -2.72. The van der Waals surface area contributed by atoms with Crippen molar-refractivity contribution in [3.05, 3.63) is 237 Å². The van der Waals surface area contributed by atoms with Gasteiger partial charge in [0.2, 0.25) is 0 Å². The van der Waals surface area contributed by atoms with Gasteiger partial charge in [-0.3, -0.25) is 0 Å². The molecule has 0 saturated carbocycles. The molecule has 12 aromatic rings. The van der Waals surface area contributed by atoms with Crippen molar-refractivity contribution in [1.82, 2.24) is 14.5 Å². The van der Waals surface area contributed by atoms with Crippen molar-refractivity contribution in [2.75, 3.05) is 0 Å². The molecule has 1 aliphatic rings. The van der Waals surface area contributed by atoms with Gasteiger partial charge in [0.25, 0.3) is 0 Å². The zero-order valence-corrected chi connectivity index (χ0v) is 35.9. The summed E-state index contributed by atoms with van der Waals surface area (Å²) in [7, 11) is -2.51. The van der Waals surface area contributed by atoms with E-state index in [1.54, 1.807) is 0 Å². The van der Waals surface area contributed by atoms with Crippen LogP contribution in [0.25, 0.3) is 94.1 Å². The molecule has 0 fully saturated rings. The fourth-order valence-corrected chi connectivity index (χ4v) is 15.7. The average Bonchev–Trinajstić information content (AvgIpc) is 3.87. The lowest BCUT2D eigenvalue weighted by atomic mass is 9.98. The third kappa shape index (κ3) is 5.53. The lowest BCUT2D eigenvalue weighted by molar-refractivity contribution is 1.18. The number of para-hydroxylation sites is 2. The molecule has 3 nitrogen and oxygen atoms in total. The summed E-state index contributed by atoms with van der Waals surface area (Å²) in [5.74, 6) is 0. The highest BCUT2D eigenvalue weighted by Gasteiger charge is 2.48. The second kappa shape index (κ2) is 14.5. The maximum Gasteiger partial charge on any atom is 0.180 e. The van der Waals surface area contributed by atoms with Crippen LogP contribution in [0.15, 0.2) is 237 Å². The van der Waals surface area contributed by atoms with Crippen LogP contribution in [0.5, 0.6) is 0 Å². The highest BCUT2D eigenvalue weighted by atomic mass is 28.3. The molecule has 3 aromatic heterocycles. The fraction of sp³-hybridized carbons (Fsp3) is 0. The molecule has 4 heterocycles. The second-order valence-corrected chi connectivity index (χ2v) is 20.6. The van der Waals surface area contributed by atoms with Gasteiger partial charge in [0, 0.05) is 38.4 Å². The molecule has 13 rings (SSSR count). The molecule has 0 radical (unpaired) electrons. The zero-order chi connectivity index (χ0) is 42.2. The average molecular weight is 830 g/mol. The molecule has 0 amide bonds. The Morgan fingerprint density at radius 2 is 0.844 bits per heavy atom. The lowest BCUT2D eigenvalue weighted by Gasteiger charge is -2.31. The number of nitrogens with zero attached hydrogens (tertiary/aromatic N) is 3. The number of rotatable bonds is 6. The predicted octanol–water partition coefficient (Wildman–Crippen LogP) is 12.2. The van der Waals surface area contributed by atoms with Crippen molar-refractivity contribution in [2.24, 2.45) is 0 Å². The molecule has 298 valence electrons. The molecule has 9 aromatic carbocycles. The molecule has 0 saturated heterocycles. The first kappa shape index (κ1) is 36.5. The van der Waals surface area contributed by atoms with Crippen LogP contribution < -0.4 is 20.7 Å². The highest BCUT2D eigenvalue weighted by molar-refractivity contribution is 7.22. The third-order valence-electron chi connectivity index (χ3n) is 13.5. The number of pyridine rings is 2. The molecular weight excluding hydrogens is 791 g/mol. The Kier molecular flexibility index (Phi) is 8.23. The maximum atomic E-state index is 5.34. The first-order chi connectivity index (χ1) is 31.7. The van der Waals surface area contributed by atoms with E-state index in [4.69, 9.17) is 9.97 Å². The summed E-state index contributed by atoms with van der Waals surface area (Å²) in [6.45, 7) is 0. The maximum absolute atomic E-state index is 5.34. The Balaban J connectivity index is 0.872. The molecule has 1 aliphatic heterocycles. The van der Waals surface area contributed by atoms with Crippen LogP contribution in [-0.4, -0.2) is 22.6 Å². The van der Waals surface area contributed by atoms with Gasteiger partial charge in [-0.1, -0.05) is 188 Å². The monoisotopic (exact) mass is 829 g/mol. The smallest absolute Gasteiger partial charge is 0.180 e. The Labute approximate surface area is 372 Å². The number of benzene rings is 9. The van der Waals surface area contributed by atoms with E-state index in [9.17, 15) is 0 Å². The number of hydrogen-bond donors (Lipinski definition) is 0. The summed E-state index contributed by atoms with van der Waals surface area (Å²) < 4.78 is 2.35. The van der Waals surface area contributed by atoms with E-state index in [0.717, 1.165) is 50.0 Å². The quantitative estimate of drug-likeness (QED) is 0.123. The Hall–Kier alpha value is -8.18. The van der Waals surface area contributed by atoms with Gasteiger partial charge in [0.15, 0.2) is 8.07 Å².